The molecule has 0 radical (unpaired) electrons. The number of hydrogen-bond donors (Lipinski definition) is 1. The number of aromatic nitrogens is 3. The highest BCUT2D eigenvalue weighted by Gasteiger charge is 2.45. The Labute approximate surface area is 195 Å². The van der Waals surface area contributed by atoms with E-state index in [1.54, 1.807) is 30.6 Å². The predicted octanol–water partition coefficient (Wildman–Crippen LogP) is 4.74. The standard InChI is InChI=1S/C26H20FN5O2/c1-15-11-16(6-9-29-15)18-13-21-24(31-14-18)34-22-5-4-17(19-3-2-8-30-23(19)27)12-20(22)26(21)7-10-33-25(28)32-26/h2-6,8-9,11-14H,7,10H2,1H3,(H2,28,32)/t26-/m0/s1. The van der Waals surface area contributed by atoms with E-state index in [1.165, 1.54) is 6.20 Å². The molecule has 34 heavy (non-hydrogen) atoms. The molecule has 1 spiro atoms. The SMILES string of the molecule is Cc1cc(-c2cnc3c(c2)[C@]2(CCOC(N)=N2)c2cc(-c4cccnc4F)ccc2O3)ccn1. The maximum absolute atomic E-state index is 14.5. The lowest BCUT2D eigenvalue weighted by molar-refractivity contribution is 0.218. The third-order valence-corrected chi connectivity index (χ3v) is 6.24. The van der Waals surface area contributed by atoms with Crippen LogP contribution >= 0.6 is 0 Å². The van der Waals surface area contributed by atoms with Gasteiger partial charge in [-0.3, -0.25) is 4.98 Å². The van der Waals surface area contributed by atoms with Crippen LogP contribution in [-0.4, -0.2) is 27.6 Å². The minimum atomic E-state index is -0.884. The van der Waals surface area contributed by atoms with Crippen LogP contribution in [0.4, 0.5) is 4.39 Å². The molecule has 0 fully saturated rings. The van der Waals surface area contributed by atoms with Gasteiger partial charge in [-0.15, -0.1) is 0 Å². The van der Waals surface area contributed by atoms with Crippen molar-refractivity contribution in [2.45, 2.75) is 18.9 Å². The van der Waals surface area contributed by atoms with Gasteiger partial charge in [0.05, 0.1) is 6.61 Å². The van der Waals surface area contributed by atoms with E-state index in [0.717, 1.165) is 27.9 Å². The van der Waals surface area contributed by atoms with Crippen LogP contribution in [0.3, 0.4) is 0 Å². The molecule has 0 bridgehead atoms. The molecule has 3 aromatic heterocycles. The summed E-state index contributed by atoms with van der Waals surface area (Å²) < 4.78 is 26.2. The molecule has 0 aliphatic carbocycles. The first-order valence-corrected chi connectivity index (χ1v) is 10.9. The number of aryl methyl sites for hydroxylation is 1. The second kappa shape index (κ2) is 7.62. The molecule has 8 heteroatoms. The van der Waals surface area contributed by atoms with Crippen molar-refractivity contribution in [2.24, 2.45) is 10.7 Å². The first kappa shape index (κ1) is 20.3. The van der Waals surface area contributed by atoms with Crippen LogP contribution in [0, 0.1) is 12.9 Å². The predicted molar refractivity (Wildman–Crippen MR) is 125 cm³/mol. The summed E-state index contributed by atoms with van der Waals surface area (Å²) in [4.78, 5) is 17.5. The number of fused-ring (bicyclic) bond motifs is 4. The Kier molecular flexibility index (Phi) is 4.55. The monoisotopic (exact) mass is 453 g/mol. The van der Waals surface area contributed by atoms with Gasteiger partial charge >= 0.3 is 0 Å². The van der Waals surface area contributed by atoms with Crippen LogP contribution in [0.1, 0.15) is 23.2 Å². The van der Waals surface area contributed by atoms with Gasteiger partial charge in [0.2, 0.25) is 11.8 Å². The van der Waals surface area contributed by atoms with Gasteiger partial charge in [0.15, 0.2) is 0 Å². The van der Waals surface area contributed by atoms with E-state index < -0.39 is 11.5 Å². The normalized spacial score (nSPS) is 18.4. The number of amidine groups is 1. The maximum Gasteiger partial charge on any atom is 0.283 e. The third kappa shape index (κ3) is 3.18. The van der Waals surface area contributed by atoms with Gasteiger partial charge in [0, 0.05) is 53.0 Å². The Morgan fingerprint density at radius 1 is 0.941 bits per heavy atom. The van der Waals surface area contributed by atoms with E-state index in [1.807, 2.05) is 37.3 Å². The van der Waals surface area contributed by atoms with Gasteiger partial charge in [-0.2, -0.15) is 4.39 Å². The van der Waals surface area contributed by atoms with Gasteiger partial charge < -0.3 is 15.2 Å². The second-order valence-corrected chi connectivity index (χ2v) is 8.33. The number of ether oxygens (including phenoxy) is 2. The van der Waals surface area contributed by atoms with E-state index in [-0.39, 0.29) is 6.02 Å². The summed E-state index contributed by atoms with van der Waals surface area (Å²) in [6, 6.07) is 15.0. The molecule has 1 atom stereocenters. The fourth-order valence-electron chi connectivity index (χ4n) is 4.64. The van der Waals surface area contributed by atoms with Crippen molar-refractivity contribution in [3.05, 3.63) is 89.9 Å². The van der Waals surface area contributed by atoms with E-state index >= 15 is 0 Å². The summed E-state index contributed by atoms with van der Waals surface area (Å²) in [6.07, 6.45) is 5.50. The number of pyridine rings is 3. The average molecular weight is 453 g/mol. The molecule has 5 heterocycles. The molecule has 4 aromatic rings. The zero-order valence-corrected chi connectivity index (χ0v) is 18.3. The molecule has 7 nitrogen and oxygen atoms in total. The van der Waals surface area contributed by atoms with Crippen molar-refractivity contribution in [3.8, 4) is 33.9 Å². The van der Waals surface area contributed by atoms with E-state index in [4.69, 9.17) is 20.2 Å². The van der Waals surface area contributed by atoms with Crippen LogP contribution in [-0.2, 0) is 10.3 Å². The molecular formula is C26H20FN5O2. The van der Waals surface area contributed by atoms with Gasteiger partial charge in [-0.05, 0) is 60.5 Å². The topological polar surface area (TPSA) is 95.5 Å². The Balaban J connectivity index is 1.58. The fourth-order valence-corrected chi connectivity index (χ4v) is 4.64. The van der Waals surface area contributed by atoms with Crippen LogP contribution in [0.25, 0.3) is 22.3 Å². The number of aliphatic imine (C=N–C) groups is 1. The number of nitrogens with two attached hydrogens (primary N) is 1. The van der Waals surface area contributed by atoms with Crippen LogP contribution < -0.4 is 10.5 Å². The van der Waals surface area contributed by atoms with E-state index in [9.17, 15) is 4.39 Å². The molecule has 1 aromatic carbocycles. The summed E-state index contributed by atoms with van der Waals surface area (Å²) in [5.74, 6) is 0.514. The number of halogens is 1. The van der Waals surface area contributed by atoms with Crippen molar-refractivity contribution < 1.29 is 13.9 Å². The quantitative estimate of drug-likeness (QED) is 0.441. The number of hydrogen-bond acceptors (Lipinski definition) is 7. The fraction of sp³-hybridized carbons (Fsp3) is 0.154. The largest absolute Gasteiger partial charge is 0.465 e. The number of rotatable bonds is 2. The zero-order chi connectivity index (χ0) is 23.3. The number of nitrogens with zero attached hydrogens (tertiary/aromatic N) is 4. The van der Waals surface area contributed by atoms with Crippen LogP contribution in [0.15, 0.2) is 72.1 Å². The molecule has 2 aliphatic rings. The highest BCUT2D eigenvalue weighted by molar-refractivity contribution is 5.77. The van der Waals surface area contributed by atoms with Crippen LogP contribution in [0.2, 0.25) is 0 Å². The van der Waals surface area contributed by atoms with Crippen molar-refractivity contribution in [3.63, 3.8) is 0 Å². The number of benzene rings is 1. The Bertz CT molecular complexity index is 1470. The highest BCUT2D eigenvalue weighted by Crippen LogP contribution is 2.52. The van der Waals surface area contributed by atoms with Gasteiger partial charge in [0.1, 0.15) is 11.3 Å². The molecule has 0 saturated carbocycles. The lowest BCUT2D eigenvalue weighted by atomic mass is 9.77. The van der Waals surface area contributed by atoms with Gasteiger partial charge in [-0.25, -0.2) is 15.0 Å². The zero-order valence-electron chi connectivity index (χ0n) is 18.3. The molecule has 168 valence electrons. The maximum atomic E-state index is 14.5. The smallest absolute Gasteiger partial charge is 0.283 e. The Morgan fingerprint density at radius 2 is 1.82 bits per heavy atom. The highest BCUT2D eigenvalue weighted by atomic mass is 19.1. The van der Waals surface area contributed by atoms with Crippen LogP contribution in [0.5, 0.6) is 11.6 Å². The summed E-state index contributed by atoms with van der Waals surface area (Å²) in [7, 11) is 0. The first-order chi connectivity index (χ1) is 16.5. The lowest BCUT2D eigenvalue weighted by Crippen LogP contribution is -2.38. The van der Waals surface area contributed by atoms with Gasteiger partial charge in [-0.1, -0.05) is 6.07 Å². The van der Waals surface area contributed by atoms with Crippen molar-refractivity contribution in [1.82, 2.24) is 15.0 Å². The van der Waals surface area contributed by atoms with Crippen molar-refractivity contribution >= 4 is 6.02 Å². The second-order valence-electron chi connectivity index (χ2n) is 8.33. The van der Waals surface area contributed by atoms with Crippen molar-refractivity contribution in [1.29, 1.82) is 0 Å². The van der Waals surface area contributed by atoms with Crippen molar-refractivity contribution in [2.75, 3.05) is 6.61 Å². The molecule has 2 N–H and O–H groups in total. The molecule has 6 rings (SSSR count). The Hall–Kier alpha value is -4.33. The minimum Gasteiger partial charge on any atom is -0.465 e. The molecule has 2 aliphatic heterocycles. The first-order valence-electron chi connectivity index (χ1n) is 10.9. The lowest BCUT2D eigenvalue weighted by Gasteiger charge is -2.39. The summed E-state index contributed by atoms with van der Waals surface area (Å²) >= 11 is 0. The molecule has 0 unspecified atom stereocenters. The van der Waals surface area contributed by atoms with Gasteiger partial charge in [0.25, 0.3) is 6.02 Å². The van der Waals surface area contributed by atoms with E-state index in [2.05, 4.69) is 15.0 Å². The van der Waals surface area contributed by atoms with E-state index in [0.29, 0.717) is 35.8 Å². The molecular weight excluding hydrogens is 433 g/mol. The Morgan fingerprint density at radius 3 is 2.65 bits per heavy atom. The molecule has 0 amide bonds. The summed E-state index contributed by atoms with van der Waals surface area (Å²) in [5, 5.41) is 0. The average Bonchev–Trinajstić information content (AvgIpc) is 2.84. The summed E-state index contributed by atoms with van der Waals surface area (Å²) in [5.41, 5.74) is 10.6. The summed E-state index contributed by atoms with van der Waals surface area (Å²) in [6.45, 7) is 2.32. The third-order valence-electron chi connectivity index (χ3n) is 6.24. The molecule has 0 saturated heterocycles. The minimum absolute atomic E-state index is 0.0909.